The van der Waals surface area contributed by atoms with Gasteiger partial charge in [0, 0.05) is 0 Å². The summed E-state index contributed by atoms with van der Waals surface area (Å²) in [4.78, 5) is 10.6. The van der Waals surface area contributed by atoms with Gasteiger partial charge in [0.05, 0.1) is 13.2 Å². The number of carboxylic acids is 1. The number of rotatable bonds is 8. The highest BCUT2D eigenvalue weighted by molar-refractivity contribution is 5.70. The Morgan fingerprint density at radius 3 is 2.14 bits per heavy atom. The molecule has 2 heterocycles. The molecule has 9 N–H and O–H groups in total. The Morgan fingerprint density at radius 2 is 1.64 bits per heavy atom. The molecular weight excluding hydrogens is 392 g/mol. The standard InChI is InChI=1S/C14H24O14/c15-1-4-7(18)10(21)14(3-16,27-4)28-13-9(20)8(19)6(17)5(26-13)2-25-12(24)11(22)23/h4-10,12-13,15-21,24H,1-3H2,(H,22,23)/t4-,5-,6-,7-,8+,9-,10+,12?,13-,14+/m1/s1. The predicted molar refractivity (Wildman–Crippen MR) is 81.2 cm³/mol. The topological polar surface area (TPSA) is 236 Å². The van der Waals surface area contributed by atoms with Gasteiger partial charge in [-0.25, -0.2) is 4.79 Å². The third-order valence-corrected chi connectivity index (χ3v) is 4.52. The molecule has 0 amide bonds. The summed E-state index contributed by atoms with van der Waals surface area (Å²) in [5.74, 6) is -4.06. The summed E-state index contributed by atoms with van der Waals surface area (Å²) in [5, 5.41) is 86.3. The lowest BCUT2D eigenvalue weighted by Gasteiger charge is -2.43. The lowest BCUT2D eigenvalue weighted by atomic mass is 9.99. The molecule has 28 heavy (non-hydrogen) atoms. The molecular formula is C14H24O14. The molecule has 0 spiro atoms. The van der Waals surface area contributed by atoms with Crippen molar-refractivity contribution < 1.29 is 69.7 Å². The van der Waals surface area contributed by atoms with Gasteiger partial charge in [-0.05, 0) is 0 Å². The molecule has 2 rings (SSSR count). The first-order valence-corrected chi connectivity index (χ1v) is 8.23. The van der Waals surface area contributed by atoms with Crippen LogP contribution in [0.25, 0.3) is 0 Å². The molecule has 1 unspecified atom stereocenters. The Morgan fingerprint density at radius 1 is 1.00 bits per heavy atom. The van der Waals surface area contributed by atoms with Crippen molar-refractivity contribution in [3.63, 3.8) is 0 Å². The lowest BCUT2D eigenvalue weighted by molar-refractivity contribution is -0.385. The van der Waals surface area contributed by atoms with E-state index in [4.69, 9.17) is 29.5 Å². The van der Waals surface area contributed by atoms with Gasteiger partial charge in [-0.2, -0.15) is 0 Å². The summed E-state index contributed by atoms with van der Waals surface area (Å²) in [7, 11) is 0. The van der Waals surface area contributed by atoms with Crippen LogP contribution in [0.5, 0.6) is 0 Å². The monoisotopic (exact) mass is 416 g/mol. The molecule has 0 aromatic heterocycles. The summed E-state index contributed by atoms with van der Waals surface area (Å²) >= 11 is 0. The Kier molecular flexibility index (Phi) is 7.65. The molecule has 2 fully saturated rings. The number of ether oxygens (including phenoxy) is 4. The van der Waals surface area contributed by atoms with Crippen LogP contribution in [0, 0.1) is 0 Å². The van der Waals surface area contributed by atoms with Gasteiger partial charge in [0.25, 0.3) is 6.29 Å². The minimum atomic E-state index is -2.34. The smallest absolute Gasteiger partial charge is 0.360 e. The van der Waals surface area contributed by atoms with Crippen LogP contribution in [0.4, 0.5) is 0 Å². The van der Waals surface area contributed by atoms with Crippen molar-refractivity contribution in [1.29, 1.82) is 0 Å². The van der Waals surface area contributed by atoms with Gasteiger partial charge in [-0.3, -0.25) is 0 Å². The predicted octanol–water partition coefficient (Wildman–Crippen LogP) is -5.97. The van der Waals surface area contributed by atoms with Gasteiger partial charge in [-0.1, -0.05) is 0 Å². The molecule has 14 nitrogen and oxygen atoms in total. The largest absolute Gasteiger partial charge is 0.477 e. The number of aliphatic hydroxyl groups excluding tert-OH is 8. The summed E-state index contributed by atoms with van der Waals surface area (Å²) in [6.07, 6.45) is -16.0. The number of hydrogen-bond acceptors (Lipinski definition) is 13. The normalized spacial score (nSPS) is 45.1. The number of carbonyl (C=O) groups is 1. The minimum Gasteiger partial charge on any atom is -0.477 e. The van der Waals surface area contributed by atoms with E-state index in [0.29, 0.717) is 0 Å². The van der Waals surface area contributed by atoms with Crippen molar-refractivity contribution in [2.24, 2.45) is 0 Å². The van der Waals surface area contributed by atoms with E-state index in [2.05, 4.69) is 4.74 Å². The maximum atomic E-state index is 10.6. The second-order valence-electron chi connectivity index (χ2n) is 6.40. The van der Waals surface area contributed by atoms with Crippen LogP contribution in [0.1, 0.15) is 0 Å². The molecule has 164 valence electrons. The Bertz CT molecular complexity index is 532. The molecule has 0 aromatic carbocycles. The molecule has 14 heteroatoms. The molecule has 0 radical (unpaired) electrons. The van der Waals surface area contributed by atoms with Crippen molar-refractivity contribution in [3.05, 3.63) is 0 Å². The second kappa shape index (κ2) is 9.21. The summed E-state index contributed by atoms with van der Waals surface area (Å²) < 4.78 is 20.1. The number of aliphatic hydroxyl groups is 8. The number of aliphatic carboxylic acids is 1. The van der Waals surface area contributed by atoms with E-state index >= 15 is 0 Å². The Labute approximate surface area is 157 Å². The zero-order valence-electron chi connectivity index (χ0n) is 14.4. The summed E-state index contributed by atoms with van der Waals surface area (Å²) in [6, 6.07) is 0. The number of hydrogen-bond donors (Lipinski definition) is 9. The zero-order valence-corrected chi connectivity index (χ0v) is 14.4. The fraction of sp³-hybridized carbons (Fsp3) is 0.929. The van der Waals surface area contributed by atoms with Crippen molar-refractivity contribution in [1.82, 2.24) is 0 Å². The van der Waals surface area contributed by atoms with Crippen molar-refractivity contribution in [2.45, 2.75) is 61.1 Å². The van der Waals surface area contributed by atoms with Crippen molar-refractivity contribution in [2.75, 3.05) is 19.8 Å². The van der Waals surface area contributed by atoms with E-state index in [0.717, 1.165) is 0 Å². The minimum absolute atomic E-state index is 0.734. The fourth-order valence-corrected chi connectivity index (χ4v) is 2.88. The van der Waals surface area contributed by atoms with Gasteiger partial charge in [0.2, 0.25) is 5.79 Å². The van der Waals surface area contributed by atoms with Crippen molar-refractivity contribution >= 4 is 5.97 Å². The Balaban J connectivity index is 2.13. The first-order chi connectivity index (χ1) is 13.1. The van der Waals surface area contributed by atoms with Crippen LogP contribution in [-0.2, 0) is 23.7 Å². The Hall–Kier alpha value is -1.01. The van der Waals surface area contributed by atoms with Crippen molar-refractivity contribution in [3.8, 4) is 0 Å². The SMILES string of the molecule is O=C(O)C(O)OC[C@H]1O[C@H](O[C@]2(CO)O[C@H](CO)[C@@H](O)[C@@H]2O)[C@H](O)[C@@H](O)[C@@H]1O. The van der Waals surface area contributed by atoms with E-state index in [1.165, 1.54) is 0 Å². The van der Waals surface area contributed by atoms with Crippen LogP contribution in [0.2, 0.25) is 0 Å². The third kappa shape index (κ3) is 4.43. The van der Waals surface area contributed by atoms with E-state index in [9.17, 15) is 35.4 Å². The highest BCUT2D eigenvalue weighted by Crippen LogP contribution is 2.36. The van der Waals surface area contributed by atoms with E-state index in [1.807, 2.05) is 0 Å². The molecule has 0 aliphatic carbocycles. The molecule has 10 atom stereocenters. The lowest BCUT2D eigenvalue weighted by Crippen LogP contribution is -2.63. The van der Waals surface area contributed by atoms with Gasteiger partial charge in [0.1, 0.15) is 49.3 Å². The van der Waals surface area contributed by atoms with Crippen LogP contribution in [0.15, 0.2) is 0 Å². The van der Waals surface area contributed by atoms with Crippen LogP contribution in [-0.4, -0.2) is 133 Å². The molecule has 2 aliphatic rings. The van der Waals surface area contributed by atoms with Crippen LogP contribution < -0.4 is 0 Å². The van der Waals surface area contributed by atoms with Gasteiger partial charge < -0.3 is 64.9 Å². The maximum Gasteiger partial charge on any atom is 0.360 e. The highest BCUT2D eigenvalue weighted by Gasteiger charge is 2.58. The molecule has 2 saturated heterocycles. The maximum absolute atomic E-state index is 10.6. The zero-order chi connectivity index (χ0) is 21.2. The molecule has 2 aliphatic heterocycles. The van der Waals surface area contributed by atoms with E-state index < -0.39 is 86.9 Å². The first kappa shape index (κ1) is 23.3. The van der Waals surface area contributed by atoms with Crippen LogP contribution >= 0.6 is 0 Å². The number of carboxylic acid groups (broad SMARTS) is 1. The van der Waals surface area contributed by atoms with Crippen LogP contribution in [0.3, 0.4) is 0 Å². The van der Waals surface area contributed by atoms with E-state index in [1.54, 1.807) is 0 Å². The average molecular weight is 416 g/mol. The fourth-order valence-electron chi connectivity index (χ4n) is 2.88. The van der Waals surface area contributed by atoms with Gasteiger partial charge >= 0.3 is 5.97 Å². The summed E-state index contributed by atoms with van der Waals surface area (Å²) in [5.41, 5.74) is 0. The molecule has 0 saturated carbocycles. The second-order valence-corrected chi connectivity index (χ2v) is 6.40. The quantitative estimate of drug-likeness (QED) is 0.168. The summed E-state index contributed by atoms with van der Waals surface area (Å²) in [6.45, 7) is -2.52. The molecule has 0 bridgehead atoms. The first-order valence-electron chi connectivity index (χ1n) is 8.23. The third-order valence-electron chi connectivity index (χ3n) is 4.52. The van der Waals surface area contributed by atoms with Gasteiger partial charge in [-0.15, -0.1) is 0 Å². The van der Waals surface area contributed by atoms with Gasteiger partial charge in [0.15, 0.2) is 6.29 Å². The molecule has 0 aromatic rings. The van der Waals surface area contributed by atoms with E-state index in [-0.39, 0.29) is 0 Å². The average Bonchev–Trinajstić information content (AvgIpc) is 2.92. The highest BCUT2D eigenvalue weighted by atomic mass is 16.8.